The molecule has 1 aliphatic rings. The largest absolute Gasteiger partial charge is 0.377 e. The molecular formula is C24H31N5O2. The van der Waals surface area contributed by atoms with Crippen LogP contribution in [0.3, 0.4) is 0 Å². The Labute approximate surface area is 183 Å². The van der Waals surface area contributed by atoms with Gasteiger partial charge < -0.3 is 19.5 Å². The summed E-state index contributed by atoms with van der Waals surface area (Å²) in [7, 11) is 2.01. The molecule has 31 heavy (non-hydrogen) atoms. The summed E-state index contributed by atoms with van der Waals surface area (Å²) in [5.41, 5.74) is 2.16. The standard InChI is InChI=1S/C24H31N5O2/c1-16(2)31-10-9-29-8-7-20(15-29)24(30)27-23-12-21-11-18(5-6-19(21)13-26-23)22-14-25-17(3)28(22)4/h5-6,11-14,16,20H,7-10,15H2,1-4H3,(H,26,27,30). The molecule has 2 aromatic heterocycles. The number of carbonyl (C=O) groups excluding carboxylic acids is 1. The van der Waals surface area contributed by atoms with Gasteiger partial charge in [0.25, 0.3) is 0 Å². The molecule has 3 heterocycles. The Balaban J connectivity index is 1.42. The number of fused-ring (bicyclic) bond motifs is 1. The molecule has 1 atom stereocenters. The molecule has 0 aliphatic carbocycles. The van der Waals surface area contributed by atoms with E-state index >= 15 is 0 Å². The Hall–Kier alpha value is -2.77. The van der Waals surface area contributed by atoms with Crippen LogP contribution in [0.25, 0.3) is 22.0 Å². The SMILES string of the molecule is Cc1ncc(-c2ccc3cnc(NC(=O)C4CCN(CCOC(C)C)C4)cc3c2)n1C. The van der Waals surface area contributed by atoms with Crippen molar-refractivity contribution in [1.29, 1.82) is 0 Å². The minimum absolute atomic E-state index is 0.0136. The Morgan fingerprint density at radius 3 is 2.81 bits per heavy atom. The minimum Gasteiger partial charge on any atom is -0.377 e. The summed E-state index contributed by atoms with van der Waals surface area (Å²) in [5, 5.41) is 5.10. The zero-order chi connectivity index (χ0) is 22.0. The first-order valence-corrected chi connectivity index (χ1v) is 10.9. The normalized spacial score (nSPS) is 17.0. The van der Waals surface area contributed by atoms with Crippen LogP contribution in [0.4, 0.5) is 5.82 Å². The third-order valence-electron chi connectivity index (χ3n) is 5.99. The van der Waals surface area contributed by atoms with Gasteiger partial charge in [0, 0.05) is 37.3 Å². The zero-order valence-corrected chi connectivity index (χ0v) is 18.8. The summed E-state index contributed by atoms with van der Waals surface area (Å²) in [5.74, 6) is 1.59. The number of carbonyl (C=O) groups is 1. The number of likely N-dealkylation sites (tertiary alicyclic amines) is 1. The van der Waals surface area contributed by atoms with E-state index in [1.54, 1.807) is 0 Å². The molecule has 1 unspecified atom stereocenters. The number of nitrogens with zero attached hydrogens (tertiary/aromatic N) is 4. The van der Waals surface area contributed by atoms with Crippen molar-refractivity contribution in [3.8, 4) is 11.3 Å². The summed E-state index contributed by atoms with van der Waals surface area (Å²) < 4.78 is 7.70. The molecule has 1 fully saturated rings. The topological polar surface area (TPSA) is 72.3 Å². The molecule has 1 aliphatic heterocycles. The van der Waals surface area contributed by atoms with E-state index in [1.165, 1.54) is 0 Å². The number of anilines is 1. The Morgan fingerprint density at radius 1 is 1.23 bits per heavy atom. The maximum absolute atomic E-state index is 12.8. The molecule has 0 bridgehead atoms. The second kappa shape index (κ2) is 9.16. The minimum atomic E-state index is -0.0136. The number of ether oxygens (including phenoxy) is 1. The number of hydrogen-bond donors (Lipinski definition) is 1. The highest BCUT2D eigenvalue weighted by molar-refractivity contribution is 5.95. The fourth-order valence-electron chi connectivity index (χ4n) is 4.03. The van der Waals surface area contributed by atoms with E-state index in [0.717, 1.165) is 53.9 Å². The smallest absolute Gasteiger partial charge is 0.229 e. The quantitative estimate of drug-likeness (QED) is 0.631. The molecule has 1 saturated heterocycles. The van der Waals surface area contributed by atoms with Crippen LogP contribution in [0, 0.1) is 12.8 Å². The summed E-state index contributed by atoms with van der Waals surface area (Å²) >= 11 is 0. The molecule has 0 saturated carbocycles. The number of benzene rings is 1. The Bertz CT molecular complexity index is 1080. The summed E-state index contributed by atoms with van der Waals surface area (Å²) in [6.45, 7) is 9.34. The molecule has 0 radical (unpaired) electrons. The van der Waals surface area contributed by atoms with E-state index in [1.807, 2.05) is 46.3 Å². The van der Waals surface area contributed by atoms with Gasteiger partial charge in [0.1, 0.15) is 11.6 Å². The number of nitrogens with one attached hydrogen (secondary N) is 1. The molecule has 3 aromatic rings. The first-order valence-electron chi connectivity index (χ1n) is 10.9. The van der Waals surface area contributed by atoms with Crippen molar-refractivity contribution >= 4 is 22.5 Å². The number of amides is 1. The molecule has 1 N–H and O–H groups in total. The van der Waals surface area contributed by atoms with Crippen molar-refractivity contribution in [2.75, 3.05) is 31.6 Å². The van der Waals surface area contributed by atoms with Gasteiger partial charge in [-0.15, -0.1) is 0 Å². The molecule has 4 rings (SSSR count). The molecule has 0 spiro atoms. The van der Waals surface area contributed by atoms with Gasteiger partial charge in [0.2, 0.25) is 5.91 Å². The van der Waals surface area contributed by atoms with Gasteiger partial charge in [-0.1, -0.05) is 12.1 Å². The van der Waals surface area contributed by atoms with Gasteiger partial charge in [-0.3, -0.25) is 4.79 Å². The molecule has 1 aromatic carbocycles. The van der Waals surface area contributed by atoms with Crippen LogP contribution in [0.2, 0.25) is 0 Å². The zero-order valence-electron chi connectivity index (χ0n) is 18.8. The van der Waals surface area contributed by atoms with Crippen molar-refractivity contribution in [3.05, 3.63) is 42.5 Å². The summed E-state index contributed by atoms with van der Waals surface area (Å²) in [6.07, 6.45) is 4.81. The highest BCUT2D eigenvalue weighted by atomic mass is 16.5. The van der Waals surface area contributed by atoms with Crippen LogP contribution in [-0.4, -0.2) is 57.7 Å². The number of aromatic nitrogens is 3. The lowest BCUT2D eigenvalue weighted by Crippen LogP contribution is -2.29. The van der Waals surface area contributed by atoms with Crippen LogP contribution < -0.4 is 5.32 Å². The molecule has 7 heteroatoms. The number of rotatable bonds is 7. The van der Waals surface area contributed by atoms with E-state index < -0.39 is 0 Å². The molecule has 164 valence electrons. The van der Waals surface area contributed by atoms with Crippen LogP contribution in [-0.2, 0) is 16.6 Å². The van der Waals surface area contributed by atoms with Crippen LogP contribution >= 0.6 is 0 Å². The average molecular weight is 422 g/mol. The van der Waals surface area contributed by atoms with Gasteiger partial charge in [0.05, 0.1) is 30.5 Å². The second-order valence-corrected chi connectivity index (χ2v) is 8.58. The number of aryl methyl sites for hydroxylation is 1. The number of pyridine rings is 1. The molecule has 1 amide bonds. The Morgan fingerprint density at radius 2 is 2.06 bits per heavy atom. The van der Waals surface area contributed by atoms with Crippen molar-refractivity contribution in [2.45, 2.75) is 33.3 Å². The highest BCUT2D eigenvalue weighted by Gasteiger charge is 2.28. The van der Waals surface area contributed by atoms with E-state index in [9.17, 15) is 4.79 Å². The van der Waals surface area contributed by atoms with Crippen molar-refractivity contribution in [2.24, 2.45) is 13.0 Å². The van der Waals surface area contributed by atoms with E-state index in [4.69, 9.17) is 4.74 Å². The third-order valence-corrected chi connectivity index (χ3v) is 5.99. The second-order valence-electron chi connectivity index (χ2n) is 8.58. The lowest BCUT2D eigenvalue weighted by atomic mass is 10.1. The van der Waals surface area contributed by atoms with E-state index in [0.29, 0.717) is 12.4 Å². The van der Waals surface area contributed by atoms with E-state index in [2.05, 4.69) is 43.0 Å². The molecular weight excluding hydrogens is 390 g/mol. The average Bonchev–Trinajstić information content (AvgIpc) is 3.34. The first kappa shape index (κ1) is 21.5. The monoisotopic (exact) mass is 421 g/mol. The molecule has 7 nitrogen and oxygen atoms in total. The van der Waals surface area contributed by atoms with Gasteiger partial charge in [-0.05, 0) is 51.3 Å². The van der Waals surface area contributed by atoms with Gasteiger partial charge in [0.15, 0.2) is 0 Å². The third kappa shape index (κ3) is 4.94. The lowest BCUT2D eigenvalue weighted by Gasteiger charge is -2.17. The fourth-order valence-corrected chi connectivity index (χ4v) is 4.03. The van der Waals surface area contributed by atoms with Gasteiger partial charge >= 0.3 is 0 Å². The van der Waals surface area contributed by atoms with Gasteiger partial charge in [-0.25, -0.2) is 9.97 Å². The number of hydrogen-bond acceptors (Lipinski definition) is 5. The van der Waals surface area contributed by atoms with Crippen molar-refractivity contribution in [1.82, 2.24) is 19.4 Å². The van der Waals surface area contributed by atoms with Crippen LogP contribution in [0.5, 0.6) is 0 Å². The predicted octanol–water partition coefficient (Wildman–Crippen LogP) is 3.63. The van der Waals surface area contributed by atoms with Crippen molar-refractivity contribution < 1.29 is 9.53 Å². The highest BCUT2D eigenvalue weighted by Crippen LogP contribution is 2.26. The Kier molecular flexibility index (Phi) is 6.34. The predicted molar refractivity (Wildman–Crippen MR) is 123 cm³/mol. The van der Waals surface area contributed by atoms with Crippen LogP contribution in [0.15, 0.2) is 36.7 Å². The van der Waals surface area contributed by atoms with Crippen LogP contribution in [0.1, 0.15) is 26.1 Å². The summed E-state index contributed by atoms with van der Waals surface area (Å²) in [6, 6.07) is 8.20. The summed E-state index contributed by atoms with van der Waals surface area (Å²) in [4.78, 5) is 23.9. The van der Waals surface area contributed by atoms with Gasteiger partial charge in [-0.2, -0.15) is 0 Å². The maximum Gasteiger partial charge on any atom is 0.229 e. The van der Waals surface area contributed by atoms with Crippen molar-refractivity contribution in [3.63, 3.8) is 0 Å². The number of imidazole rings is 1. The lowest BCUT2D eigenvalue weighted by molar-refractivity contribution is -0.119. The first-order chi connectivity index (χ1) is 14.9. The van der Waals surface area contributed by atoms with E-state index in [-0.39, 0.29) is 17.9 Å². The fraction of sp³-hybridized carbons (Fsp3) is 0.458. The maximum atomic E-state index is 12.8.